The number of cyclic esters (lactones) is 2. The predicted octanol–water partition coefficient (Wildman–Crippen LogP) is 2.66. The van der Waals surface area contributed by atoms with E-state index in [0.29, 0.717) is 12.8 Å². The lowest BCUT2D eigenvalue weighted by atomic mass is 9.41. The zero-order valence-electron chi connectivity index (χ0n) is 13.1. The van der Waals surface area contributed by atoms with E-state index in [-0.39, 0.29) is 29.0 Å². The monoisotopic (exact) mass is 290 g/mol. The maximum absolute atomic E-state index is 12.3. The van der Waals surface area contributed by atoms with Crippen LogP contribution in [0.3, 0.4) is 0 Å². The molecule has 2 bridgehead atoms. The standard InChI is InChI=1S/C17H22O4/c1-9-7-11-8-16(3,4)17(9,6-5-10(2)18)13-12(11)14(19)21-15(13)20/h7,11-13H,5-6,8H2,1-4H3/t11-,12-,13+,17-/m0/s1. The van der Waals surface area contributed by atoms with Crippen molar-refractivity contribution in [1.29, 1.82) is 0 Å². The van der Waals surface area contributed by atoms with Gasteiger partial charge in [-0.3, -0.25) is 9.59 Å². The normalized spacial score (nSPS) is 39.8. The maximum atomic E-state index is 12.3. The van der Waals surface area contributed by atoms with Crippen LogP contribution in [0.15, 0.2) is 11.6 Å². The highest BCUT2D eigenvalue weighted by molar-refractivity contribution is 5.98. The lowest BCUT2D eigenvalue weighted by Crippen LogP contribution is -2.58. The summed E-state index contributed by atoms with van der Waals surface area (Å²) in [5.74, 6) is -1.32. The lowest BCUT2D eigenvalue weighted by molar-refractivity contribution is -0.155. The van der Waals surface area contributed by atoms with Gasteiger partial charge >= 0.3 is 11.9 Å². The van der Waals surface area contributed by atoms with Gasteiger partial charge in [0.05, 0.1) is 11.8 Å². The maximum Gasteiger partial charge on any atom is 0.318 e. The van der Waals surface area contributed by atoms with Gasteiger partial charge in [0.25, 0.3) is 0 Å². The molecule has 1 saturated heterocycles. The summed E-state index contributed by atoms with van der Waals surface area (Å²) in [6.45, 7) is 7.93. The Morgan fingerprint density at radius 3 is 2.57 bits per heavy atom. The van der Waals surface area contributed by atoms with Crippen molar-refractivity contribution in [3.05, 3.63) is 11.6 Å². The van der Waals surface area contributed by atoms with Crippen LogP contribution in [0.5, 0.6) is 0 Å². The fourth-order valence-corrected chi connectivity index (χ4v) is 5.24. The first-order valence-corrected chi connectivity index (χ1v) is 7.64. The molecule has 0 spiro atoms. The van der Waals surface area contributed by atoms with E-state index in [2.05, 4.69) is 19.9 Å². The number of fused-ring (bicyclic) bond motifs is 1. The summed E-state index contributed by atoms with van der Waals surface area (Å²) in [6, 6.07) is 0. The molecule has 4 heteroatoms. The molecule has 2 fully saturated rings. The van der Waals surface area contributed by atoms with Crippen molar-refractivity contribution in [1.82, 2.24) is 0 Å². The van der Waals surface area contributed by atoms with E-state index in [1.165, 1.54) is 0 Å². The minimum atomic E-state index is -0.429. The molecule has 1 heterocycles. The SMILES string of the molecule is CC(=O)CC[C@@]12C(C)=C[C@@H](CC1(C)C)[C@@H]1C(=O)OC(=O)[C@@H]12. The topological polar surface area (TPSA) is 60.4 Å². The minimum absolute atomic E-state index is 0.0863. The van der Waals surface area contributed by atoms with Crippen LogP contribution in [-0.2, 0) is 19.1 Å². The average Bonchev–Trinajstić information content (AvgIpc) is 2.64. The molecule has 4 atom stereocenters. The molecule has 114 valence electrons. The molecule has 0 aromatic rings. The summed E-state index contributed by atoms with van der Waals surface area (Å²) in [5, 5.41) is 0. The smallest absolute Gasteiger partial charge is 0.318 e. The van der Waals surface area contributed by atoms with Crippen LogP contribution in [-0.4, -0.2) is 17.7 Å². The number of hydrogen-bond acceptors (Lipinski definition) is 4. The number of carbonyl (C=O) groups excluding carboxylic acids is 3. The van der Waals surface area contributed by atoms with Crippen LogP contribution in [0.4, 0.5) is 0 Å². The molecule has 0 radical (unpaired) electrons. The molecular weight excluding hydrogens is 268 g/mol. The number of hydrogen-bond donors (Lipinski definition) is 0. The summed E-state index contributed by atoms with van der Waals surface area (Å²) in [5.41, 5.74) is 0.607. The van der Waals surface area contributed by atoms with Crippen LogP contribution >= 0.6 is 0 Å². The van der Waals surface area contributed by atoms with E-state index < -0.39 is 17.3 Å². The molecule has 4 aliphatic rings. The summed E-state index contributed by atoms with van der Waals surface area (Å²) >= 11 is 0. The molecule has 0 amide bonds. The lowest BCUT2D eigenvalue weighted by Gasteiger charge is -2.60. The summed E-state index contributed by atoms with van der Waals surface area (Å²) in [6.07, 6.45) is 4.07. The van der Waals surface area contributed by atoms with E-state index in [0.717, 1.165) is 12.0 Å². The van der Waals surface area contributed by atoms with Gasteiger partial charge in [0, 0.05) is 11.8 Å². The third-order valence-corrected chi connectivity index (χ3v) is 6.07. The Bertz CT molecular complexity index is 571. The van der Waals surface area contributed by atoms with E-state index in [1.807, 2.05) is 6.92 Å². The Labute approximate surface area is 124 Å². The Hall–Kier alpha value is -1.45. The first kappa shape index (κ1) is 14.5. The molecule has 0 unspecified atom stereocenters. The second kappa shape index (κ2) is 4.28. The number of esters is 2. The van der Waals surface area contributed by atoms with E-state index in [9.17, 15) is 14.4 Å². The Morgan fingerprint density at radius 2 is 2.00 bits per heavy atom. The van der Waals surface area contributed by atoms with Gasteiger partial charge in [-0.2, -0.15) is 0 Å². The molecule has 0 aromatic carbocycles. The number of rotatable bonds is 3. The third-order valence-electron chi connectivity index (χ3n) is 6.07. The van der Waals surface area contributed by atoms with Gasteiger partial charge in [0.2, 0.25) is 0 Å². The first-order chi connectivity index (χ1) is 9.70. The van der Waals surface area contributed by atoms with Crippen molar-refractivity contribution < 1.29 is 19.1 Å². The highest BCUT2D eigenvalue weighted by atomic mass is 16.6. The van der Waals surface area contributed by atoms with Crippen LogP contribution in [0, 0.1) is 28.6 Å². The highest BCUT2D eigenvalue weighted by Gasteiger charge is 2.69. The number of allylic oxidation sites excluding steroid dienone is 2. The van der Waals surface area contributed by atoms with Crippen LogP contribution in [0.25, 0.3) is 0 Å². The quantitative estimate of drug-likeness (QED) is 0.455. The van der Waals surface area contributed by atoms with Crippen molar-refractivity contribution in [2.45, 2.75) is 47.0 Å². The molecule has 4 rings (SSSR count). The predicted molar refractivity (Wildman–Crippen MR) is 76.1 cm³/mol. The van der Waals surface area contributed by atoms with Crippen LogP contribution < -0.4 is 0 Å². The fraction of sp³-hybridized carbons (Fsp3) is 0.706. The van der Waals surface area contributed by atoms with Crippen molar-refractivity contribution in [2.75, 3.05) is 0 Å². The van der Waals surface area contributed by atoms with Crippen molar-refractivity contribution in [3.8, 4) is 0 Å². The largest absolute Gasteiger partial charge is 0.393 e. The fourth-order valence-electron chi connectivity index (χ4n) is 5.24. The molecule has 4 nitrogen and oxygen atoms in total. The average molecular weight is 290 g/mol. The summed E-state index contributed by atoms with van der Waals surface area (Å²) in [7, 11) is 0. The van der Waals surface area contributed by atoms with Gasteiger partial charge in [-0.05, 0) is 38.0 Å². The Morgan fingerprint density at radius 1 is 1.33 bits per heavy atom. The first-order valence-electron chi connectivity index (χ1n) is 7.64. The number of carbonyl (C=O) groups is 3. The van der Waals surface area contributed by atoms with Gasteiger partial charge in [-0.1, -0.05) is 25.5 Å². The van der Waals surface area contributed by atoms with Crippen molar-refractivity contribution >= 4 is 17.7 Å². The second-order valence-corrected chi connectivity index (χ2v) is 7.52. The van der Waals surface area contributed by atoms with Crippen LogP contribution in [0.1, 0.15) is 47.0 Å². The molecule has 1 aliphatic heterocycles. The zero-order valence-corrected chi connectivity index (χ0v) is 13.1. The van der Waals surface area contributed by atoms with E-state index in [4.69, 9.17) is 4.74 Å². The van der Waals surface area contributed by atoms with Gasteiger partial charge in [0.15, 0.2) is 0 Å². The third kappa shape index (κ3) is 1.71. The highest BCUT2D eigenvalue weighted by Crippen LogP contribution is 2.68. The minimum Gasteiger partial charge on any atom is -0.393 e. The number of Topliss-reactive ketones (excluding diaryl/α,β-unsaturated/α-hetero) is 1. The van der Waals surface area contributed by atoms with E-state index >= 15 is 0 Å². The Kier molecular flexibility index (Phi) is 2.95. The molecule has 21 heavy (non-hydrogen) atoms. The second-order valence-electron chi connectivity index (χ2n) is 7.52. The molecule has 3 aliphatic carbocycles. The van der Waals surface area contributed by atoms with E-state index in [1.54, 1.807) is 6.92 Å². The van der Waals surface area contributed by atoms with Gasteiger partial charge in [0.1, 0.15) is 5.78 Å². The van der Waals surface area contributed by atoms with Gasteiger partial charge in [-0.25, -0.2) is 0 Å². The van der Waals surface area contributed by atoms with Crippen molar-refractivity contribution in [2.24, 2.45) is 28.6 Å². The molecule has 1 saturated carbocycles. The summed E-state index contributed by atoms with van der Waals surface area (Å²) < 4.78 is 4.97. The van der Waals surface area contributed by atoms with Gasteiger partial charge in [-0.15, -0.1) is 0 Å². The molecule has 0 N–H and O–H groups in total. The number of ketones is 1. The van der Waals surface area contributed by atoms with Crippen molar-refractivity contribution in [3.63, 3.8) is 0 Å². The Balaban J connectivity index is 2.14. The molecular formula is C17H22O4. The van der Waals surface area contributed by atoms with Crippen LogP contribution in [0.2, 0.25) is 0 Å². The number of ether oxygens (including phenoxy) is 1. The zero-order chi connectivity index (χ0) is 15.6. The molecule has 0 aromatic heterocycles. The van der Waals surface area contributed by atoms with Gasteiger partial charge < -0.3 is 9.53 Å². The summed E-state index contributed by atoms with van der Waals surface area (Å²) in [4.78, 5) is 35.9.